The van der Waals surface area contributed by atoms with E-state index in [1.165, 1.54) is 0 Å². The first-order valence-electron chi connectivity index (χ1n) is 5.12. The highest BCUT2D eigenvalue weighted by Crippen LogP contribution is 1.98. The molecule has 4 heteroatoms. The van der Waals surface area contributed by atoms with Crippen LogP contribution in [0.2, 0.25) is 0 Å². The summed E-state index contributed by atoms with van der Waals surface area (Å²) < 4.78 is 5.35. The minimum Gasteiger partial charge on any atom is -0.376 e. The number of hydrogen-bond acceptors (Lipinski definition) is 3. The molecule has 0 amide bonds. The highest BCUT2D eigenvalue weighted by atomic mass is 16.5. The molecule has 0 saturated heterocycles. The predicted molar refractivity (Wildman–Crippen MR) is 60.7 cm³/mol. The number of aryl methyl sites for hydroxylation is 1. The molecule has 0 saturated carbocycles. The lowest BCUT2D eigenvalue weighted by Crippen LogP contribution is -2.20. The average Bonchev–Trinajstić information content (AvgIpc) is 2.57. The van der Waals surface area contributed by atoms with Gasteiger partial charge in [-0.25, -0.2) is 4.98 Å². The van der Waals surface area contributed by atoms with E-state index in [1.807, 2.05) is 13.8 Å². The fourth-order valence-corrected chi connectivity index (χ4v) is 1.16. The maximum atomic E-state index is 5.35. The molecule has 84 valence electrons. The van der Waals surface area contributed by atoms with E-state index in [9.17, 15) is 0 Å². The molecule has 2 N–H and O–H groups in total. The smallest absolute Gasteiger partial charge is 0.0925 e. The van der Waals surface area contributed by atoms with E-state index in [-0.39, 0.29) is 0 Å². The Bertz CT molecular complexity index is 307. The van der Waals surface area contributed by atoms with Gasteiger partial charge in [-0.2, -0.15) is 0 Å². The quantitative estimate of drug-likeness (QED) is 0.527. The van der Waals surface area contributed by atoms with Gasteiger partial charge in [0.15, 0.2) is 0 Å². The van der Waals surface area contributed by atoms with Gasteiger partial charge < -0.3 is 15.0 Å². The Morgan fingerprint density at radius 2 is 2.47 bits per heavy atom. The molecule has 0 radical (unpaired) electrons. The Hall–Kier alpha value is -1.13. The first-order chi connectivity index (χ1) is 7.20. The van der Waals surface area contributed by atoms with Crippen LogP contribution in [0, 0.1) is 6.92 Å². The Kier molecular flexibility index (Phi) is 5.07. The van der Waals surface area contributed by atoms with Gasteiger partial charge in [0.25, 0.3) is 0 Å². The van der Waals surface area contributed by atoms with Crippen LogP contribution in [0.4, 0.5) is 0 Å². The number of aromatic nitrogens is 2. The number of ether oxygens (including phenoxy) is 1. The summed E-state index contributed by atoms with van der Waals surface area (Å²) in [4.78, 5) is 7.23. The van der Waals surface area contributed by atoms with Crippen molar-refractivity contribution in [1.82, 2.24) is 15.3 Å². The van der Waals surface area contributed by atoms with Crippen LogP contribution in [0.5, 0.6) is 0 Å². The summed E-state index contributed by atoms with van der Waals surface area (Å²) in [6, 6.07) is 0. The van der Waals surface area contributed by atoms with Crippen molar-refractivity contribution >= 4 is 0 Å². The molecule has 1 rings (SSSR count). The number of hydrogen-bond donors (Lipinski definition) is 2. The molecule has 0 aromatic carbocycles. The molecule has 0 bridgehead atoms. The number of rotatable bonds is 7. The molecule has 0 fully saturated rings. The first kappa shape index (κ1) is 11.9. The summed E-state index contributed by atoms with van der Waals surface area (Å²) in [6.45, 7) is 10.7. The van der Waals surface area contributed by atoms with E-state index in [0.717, 1.165) is 30.1 Å². The van der Waals surface area contributed by atoms with Gasteiger partial charge in [0.1, 0.15) is 0 Å². The Morgan fingerprint density at radius 1 is 1.67 bits per heavy atom. The largest absolute Gasteiger partial charge is 0.376 e. The fraction of sp³-hybridized carbons (Fsp3) is 0.545. The minimum atomic E-state index is 0.642. The lowest BCUT2D eigenvalue weighted by atomic mass is 10.3. The van der Waals surface area contributed by atoms with Gasteiger partial charge in [-0.1, -0.05) is 12.2 Å². The van der Waals surface area contributed by atoms with Crippen molar-refractivity contribution in [3.8, 4) is 0 Å². The standard InChI is InChI=1S/C11H19N3O/c1-9(2)7-15-5-4-12-6-11-10(3)13-8-14-11/h8,12H,1,4-7H2,2-3H3,(H,13,14). The highest BCUT2D eigenvalue weighted by Gasteiger charge is 1.98. The average molecular weight is 209 g/mol. The summed E-state index contributed by atoms with van der Waals surface area (Å²) in [7, 11) is 0. The molecule has 4 nitrogen and oxygen atoms in total. The third-order valence-corrected chi connectivity index (χ3v) is 2.00. The maximum Gasteiger partial charge on any atom is 0.0925 e. The van der Waals surface area contributed by atoms with Gasteiger partial charge in [-0.3, -0.25) is 0 Å². The Balaban J connectivity index is 2.03. The van der Waals surface area contributed by atoms with E-state index >= 15 is 0 Å². The lowest BCUT2D eigenvalue weighted by molar-refractivity contribution is 0.157. The van der Waals surface area contributed by atoms with Crippen molar-refractivity contribution in [2.24, 2.45) is 0 Å². The van der Waals surface area contributed by atoms with Crippen LogP contribution in [-0.2, 0) is 11.3 Å². The van der Waals surface area contributed by atoms with Crippen molar-refractivity contribution in [2.75, 3.05) is 19.8 Å². The van der Waals surface area contributed by atoms with Crippen LogP contribution < -0.4 is 5.32 Å². The monoisotopic (exact) mass is 209 g/mol. The highest BCUT2D eigenvalue weighted by molar-refractivity contribution is 5.07. The Labute approximate surface area is 90.8 Å². The predicted octanol–water partition coefficient (Wildman–Crippen LogP) is 1.40. The second kappa shape index (κ2) is 6.37. The van der Waals surface area contributed by atoms with Crippen LogP contribution in [0.1, 0.15) is 18.3 Å². The zero-order valence-electron chi connectivity index (χ0n) is 9.47. The zero-order valence-corrected chi connectivity index (χ0v) is 9.47. The SMILES string of the molecule is C=C(C)COCCNCc1nc[nH]c1C. The number of nitrogens with one attached hydrogen (secondary N) is 2. The molecular formula is C11H19N3O. The van der Waals surface area contributed by atoms with Crippen LogP contribution >= 0.6 is 0 Å². The van der Waals surface area contributed by atoms with E-state index in [2.05, 4.69) is 21.9 Å². The number of imidazole rings is 1. The van der Waals surface area contributed by atoms with Crippen molar-refractivity contribution in [3.63, 3.8) is 0 Å². The third kappa shape index (κ3) is 4.76. The normalized spacial score (nSPS) is 10.5. The van der Waals surface area contributed by atoms with E-state index in [0.29, 0.717) is 13.2 Å². The number of nitrogens with zero attached hydrogens (tertiary/aromatic N) is 1. The van der Waals surface area contributed by atoms with Gasteiger partial charge in [0.2, 0.25) is 0 Å². The summed E-state index contributed by atoms with van der Waals surface area (Å²) >= 11 is 0. The summed E-state index contributed by atoms with van der Waals surface area (Å²) in [6.07, 6.45) is 1.71. The van der Waals surface area contributed by atoms with Crippen molar-refractivity contribution in [2.45, 2.75) is 20.4 Å². The topological polar surface area (TPSA) is 49.9 Å². The van der Waals surface area contributed by atoms with E-state index in [1.54, 1.807) is 6.33 Å². The fourth-order valence-electron chi connectivity index (χ4n) is 1.16. The van der Waals surface area contributed by atoms with Crippen molar-refractivity contribution in [1.29, 1.82) is 0 Å². The van der Waals surface area contributed by atoms with E-state index < -0.39 is 0 Å². The summed E-state index contributed by atoms with van der Waals surface area (Å²) in [5.74, 6) is 0. The minimum absolute atomic E-state index is 0.642. The van der Waals surface area contributed by atoms with Crippen LogP contribution in [0.25, 0.3) is 0 Å². The zero-order chi connectivity index (χ0) is 11.1. The molecule has 0 spiro atoms. The third-order valence-electron chi connectivity index (χ3n) is 2.00. The number of H-pyrrole nitrogens is 1. The first-order valence-corrected chi connectivity index (χ1v) is 5.12. The summed E-state index contributed by atoms with van der Waals surface area (Å²) in [5, 5.41) is 3.27. The van der Waals surface area contributed by atoms with Gasteiger partial charge in [0.05, 0.1) is 25.2 Å². The van der Waals surface area contributed by atoms with Crippen LogP contribution in [0.3, 0.4) is 0 Å². The molecule has 1 aromatic heterocycles. The van der Waals surface area contributed by atoms with Crippen molar-refractivity contribution < 1.29 is 4.74 Å². The van der Waals surface area contributed by atoms with Crippen LogP contribution in [-0.4, -0.2) is 29.7 Å². The molecular weight excluding hydrogens is 190 g/mol. The van der Waals surface area contributed by atoms with Crippen LogP contribution in [0.15, 0.2) is 18.5 Å². The molecule has 0 aliphatic heterocycles. The van der Waals surface area contributed by atoms with Gasteiger partial charge >= 0.3 is 0 Å². The maximum absolute atomic E-state index is 5.35. The number of aromatic amines is 1. The van der Waals surface area contributed by atoms with Crippen molar-refractivity contribution in [3.05, 3.63) is 29.9 Å². The molecule has 0 aliphatic rings. The second-order valence-corrected chi connectivity index (χ2v) is 3.66. The van der Waals surface area contributed by atoms with Gasteiger partial charge in [-0.05, 0) is 13.8 Å². The van der Waals surface area contributed by atoms with E-state index in [4.69, 9.17) is 4.74 Å². The molecule has 0 atom stereocenters. The lowest BCUT2D eigenvalue weighted by Gasteiger charge is -2.05. The molecule has 1 aromatic rings. The second-order valence-electron chi connectivity index (χ2n) is 3.66. The molecule has 0 unspecified atom stereocenters. The van der Waals surface area contributed by atoms with Gasteiger partial charge in [0, 0.05) is 18.8 Å². The molecule has 0 aliphatic carbocycles. The molecule has 15 heavy (non-hydrogen) atoms. The molecule has 1 heterocycles. The summed E-state index contributed by atoms with van der Waals surface area (Å²) in [5.41, 5.74) is 3.23. The van der Waals surface area contributed by atoms with Gasteiger partial charge in [-0.15, -0.1) is 0 Å². The Morgan fingerprint density at radius 3 is 3.07 bits per heavy atom.